The first kappa shape index (κ1) is 13.8. The zero-order valence-corrected chi connectivity index (χ0v) is 8.43. The lowest BCUT2D eigenvalue weighted by molar-refractivity contribution is -0.138. The van der Waals surface area contributed by atoms with Gasteiger partial charge in [0.1, 0.15) is 17.7 Å². The van der Waals surface area contributed by atoms with E-state index in [4.69, 9.17) is 10.8 Å². The minimum absolute atomic E-state index is 0. The Morgan fingerprint density at radius 1 is 1.47 bits per heavy atom. The minimum Gasteiger partial charge on any atom is -0.480 e. The SMILES string of the molecule is Cl.N[C@@H](Cc1cc(F)ccc1F)C(=O)O. The van der Waals surface area contributed by atoms with Crippen molar-refractivity contribution in [1.82, 2.24) is 0 Å². The van der Waals surface area contributed by atoms with Crippen LogP contribution in [0.3, 0.4) is 0 Å². The normalized spacial score (nSPS) is 11.7. The van der Waals surface area contributed by atoms with E-state index in [-0.39, 0.29) is 24.4 Å². The van der Waals surface area contributed by atoms with Crippen LogP contribution >= 0.6 is 12.4 Å². The van der Waals surface area contributed by atoms with Crippen molar-refractivity contribution < 1.29 is 18.7 Å². The number of carboxylic acid groups (broad SMARTS) is 1. The number of nitrogens with two attached hydrogens (primary N) is 1. The van der Waals surface area contributed by atoms with Gasteiger partial charge in [0, 0.05) is 6.42 Å². The molecule has 0 fully saturated rings. The lowest BCUT2D eigenvalue weighted by Crippen LogP contribution is -2.32. The van der Waals surface area contributed by atoms with Crippen molar-refractivity contribution in [3.8, 4) is 0 Å². The van der Waals surface area contributed by atoms with Gasteiger partial charge >= 0.3 is 5.97 Å². The van der Waals surface area contributed by atoms with Crippen LogP contribution in [0.25, 0.3) is 0 Å². The maximum atomic E-state index is 13.0. The Balaban J connectivity index is 0.00000196. The molecular formula is C9H10ClF2NO2. The summed E-state index contributed by atoms with van der Waals surface area (Å²) in [6.07, 6.45) is -0.223. The fourth-order valence-corrected chi connectivity index (χ4v) is 1.02. The summed E-state index contributed by atoms with van der Waals surface area (Å²) in [6.45, 7) is 0. The van der Waals surface area contributed by atoms with Gasteiger partial charge in [0.2, 0.25) is 0 Å². The molecule has 0 bridgehead atoms. The Kier molecular flexibility index (Phi) is 5.18. The molecule has 0 aliphatic heterocycles. The lowest BCUT2D eigenvalue weighted by Gasteiger charge is -2.07. The number of carboxylic acids is 1. The van der Waals surface area contributed by atoms with E-state index in [1.807, 2.05) is 0 Å². The fourth-order valence-electron chi connectivity index (χ4n) is 1.02. The predicted molar refractivity (Wildman–Crippen MR) is 52.9 cm³/mol. The van der Waals surface area contributed by atoms with Crippen LogP contribution in [0.4, 0.5) is 8.78 Å². The molecule has 0 amide bonds. The Bertz CT molecular complexity index is 360. The van der Waals surface area contributed by atoms with Crippen molar-refractivity contribution in [2.45, 2.75) is 12.5 Å². The molecule has 0 unspecified atom stereocenters. The number of carbonyl (C=O) groups is 1. The highest BCUT2D eigenvalue weighted by atomic mass is 35.5. The summed E-state index contributed by atoms with van der Waals surface area (Å²) < 4.78 is 25.6. The summed E-state index contributed by atoms with van der Waals surface area (Å²) in [5.41, 5.74) is 5.15. The van der Waals surface area contributed by atoms with Gasteiger partial charge in [-0.2, -0.15) is 0 Å². The second kappa shape index (κ2) is 5.63. The molecule has 6 heteroatoms. The molecule has 3 N–H and O–H groups in total. The van der Waals surface area contributed by atoms with Crippen molar-refractivity contribution in [3.05, 3.63) is 35.4 Å². The molecule has 0 aliphatic carbocycles. The summed E-state index contributed by atoms with van der Waals surface area (Å²) in [7, 11) is 0. The van der Waals surface area contributed by atoms with Crippen LogP contribution in [0.1, 0.15) is 5.56 Å². The summed E-state index contributed by atoms with van der Waals surface area (Å²) >= 11 is 0. The number of aliphatic carboxylic acids is 1. The van der Waals surface area contributed by atoms with Crippen molar-refractivity contribution in [1.29, 1.82) is 0 Å². The number of halogens is 3. The largest absolute Gasteiger partial charge is 0.480 e. The average Bonchev–Trinajstić information content (AvgIpc) is 2.11. The van der Waals surface area contributed by atoms with Gasteiger partial charge in [-0.3, -0.25) is 4.79 Å². The maximum Gasteiger partial charge on any atom is 0.320 e. The number of hydrogen-bond acceptors (Lipinski definition) is 2. The fraction of sp³-hybridized carbons (Fsp3) is 0.222. The molecule has 0 spiro atoms. The Morgan fingerprint density at radius 3 is 2.60 bits per heavy atom. The summed E-state index contributed by atoms with van der Waals surface area (Å²) in [4.78, 5) is 10.4. The van der Waals surface area contributed by atoms with E-state index in [0.717, 1.165) is 18.2 Å². The molecule has 1 atom stereocenters. The monoisotopic (exact) mass is 237 g/mol. The van der Waals surface area contributed by atoms with Gasteiger partial charge in [-0.1, -0.05) is 0 Å². The summed E-state index contributed by atoms with van der Waals surface area (Å²) in [5, 5.41) is 8.46. The standard InChI is InChI=1S/C9H9F2NO2.ClH/c10-6-1-2-7(11)5(3-6)4-8(12)9(13)14;/h1-3,8H,4,12H2,(H,13,14);1H/t8-;/m0./s1. The van der Waals surface area contributed by atoms with E-state index in [0.29, 0.717) is 0 Å². The molecule has 0 aromatic heterocycles. The summed E-state index contributed by atoms with van der Waals surface area (Å²) in [6, 6.07) is 1.63. The van der Waals surface area contributed by atoms with Gasteiger partial charge < -0.3 is 10.8 Å². The molecule has 0 radical (unpaired) electrons. The first-order valence-corrected chi connectivity index (χ1v) is 3.93. The van der Waals surface area contributed by atoms with Crippen LogP contribution < -0.4 is 5.73 Å². The van der Waals surface area contributed by atoms with Gasteiger partial charge in [0.05, 0.1) is 0 Å². The van der Waals surface area contributed by atoms with Gasteiger partial charge in [-0.25, -0.2) is 8.78 Å². The van der Waals surface area contributed by atoms with E-state index >= 15 is 0 Å². The minimum atomic E-state index is -1.24. The Hall–Kier alpha value is -1.20. The first-order chi connectivity index (χ1) is 6.50. The molecule has 0 saturated carbocycles. The van der Waals surface area contributed by atoms with Gasteiger partial charge in [-0.05, 0) is 23.8 Å². The van der Waals surface area contributed by atoms with Gasteiger partial charge in [0.25, 0.3) is 0 Å². The number of hydrogen-bond donors (Lipinski definition) is 2. The van der Waals surface area contributed by atoms with E-state index in [1.54, 1.807) is 0 Å². The molecule has 0 heterocycles. The lowest BCUT2D eigenvalue weighted by atomic mass is 10.1. The quantitative estimate of drug-likeness (QED) is 0.834. The van der Waals surface area contributed by atoms with E-state index in [1.165, 1.54) is 0 Å². The molecule has 1 aromatic rings. The number of rotatable bonds is 3. The molecule has 3 nitrogen and oxygen atoms in total. The molecule has 0 saturated heterocycles. The Labute approximate surface area is 91.3 Å². The highest BCUT2D eigenvalue weighted by Crippen LogP contribution is 2.11. The molecule has 1 aromatic carbocycles. The van der Waals surface area contributed by atoms with Crippen molar-refractivity contribution in [3.63, 3.8) is 0 Å². The molecule has 1 rings (SSSR count). The third-order valence-electron chi connectivity index (χ3n) is 1.76. The average molecular weight is 238 g/mol. The Morgan fingerprint density at radius 2 is 2.07 bits per heavy atom. The van der Waals surface area contributed by atoms with Crippen LogP contribution in [-0.4, -0.2) is 17.1 Å². The molecular weight excluding hydrogens is 228 g/mol. The third kappa shape index (κ3) is 3.81. The van der Waals surface area contributed by atoms with Crippen LogP contribution in [-0.2, 0) is 11.2 Å². The van der Waals surface area contributed by atoms with Crippen molar-refractivity contribution in [2.75, 3.05) is 0 Å². The van der Waals surface area contributed by atoms with E-state index in [9.17, 15) is 13.6 Å². The van der Waals surface area contributed by atoms with Crippen LogP contribution in [0, 0.1) is 11.6 Å². The smallest absolute Gasteiger partial charge is 0.320 e. The second-order valence-electron chi connectivity index (χ2n) is 2.88. The molecule has 15 heavy (non-hydrogen) atoms. The molecule has 0 aliphatic rings. The molecule has 84 valence electrons. The van der Waals surface area contributed by atoms with Crippen LogP contribution in [0.5, 0.6) is 0 Å². The highest BCUT2D eigenvalue weighted by molar-refractivity contribution is 5.85. The van der Waals surface area contributed by atoms with E-state index < -0.39 is 23.6 Å². The van der Waals surface area contributed by atoms with Crippen LogP contribution in [0.2, 0.25) is 0 Å². The summed E-state index contributed by atoms with van der Waals surface area (Å²) in [5.74, 6) is -2.50. The second-order valence-corrected chi connectivity index (χ2v) is 2.88. The van der Waals surface area contributed by atoms with Gasteiger partial charge in [-0.15, -0.1) is 12.4 Å². The van der Waals surface area contributed by atoms with Crippen molar-refractivity contribution in [2.24, 2.45) is 5.73 Å². The van der Waals surface area contributed by atoms with Crippen molar-refractivity contribution >= 4 is 18.4 Å². The first-order valence-electron chi connectivity index (χ1n) is 3.93. The van der Waals surface area contributed by atoms with Crippen LogP contribution in [0.15, 0.2) is 18.2 Å². The topological polar surface area (TPSA) is 63.3 Å². The maximum absolute atomic E-state index is 13.0. The number of benzene rings is 1. The van der Waals surface area contributed by atoms with Gasteiger partial charge in [0.15, 0.2) is 0 Å². The zero-order valence-electron chi connectivity index (χ0n) is 7.61. The predicted octanol–water partition coefficient (Wildman–Crippen LogP) is 1.34. The highest BCUT2D eigenvalue weighted by Gasteiger charge is 2.14. The zero-order chi connectivity index (χ0) is 10.7. The third-order valence-corrected chi connectivity index (χ3v) is 1.76. The van der Waals surface area contributed by atoms with E-state index in [2.05, 4.69) is 0 Å².